The van der Waals surface area contributed by atoms with Crippen LogP contribution in [0, 0.1) is 0 Å². The average Bonchev–Trinajstić information content (AvgIpc) is 2.73. The van der Waals surface area contributed by atoms with Crippen LogP contribution in [-0.2, 0) is 10.0 Å². The number of aliphatic hydroxyl groups is 1. The fourth-order valence-electron chi connectivity index (χ4n) is 2.33. The van der Waals surface area contributed by atoms with Gasteiger partial charge in [-0.15, -0.1) is 4.40 Å². The topological polar surface area (TPSA) is 82.0 Å². The van der Waals surface area contributed by atoms with E-state index in [-0.39, 0.29) is 10.7 Å². The van der Waals surface area contributed by atoms with Gasteiger partial charge in [-0.05, 0) is 19.1 Å². The Hall–Kier alpha value is -1.86. The molecule has 2 N–H and O–H groups in total. The molecule has 7 heteroatoms. The first-order valence-corrected chi connectivity index (χ1v) is 7.17. The lowest BCUT2D eigenvalue weighted by Gasteiger charge is -2.30. The minimum Gasteiger partial charge on any atom is -0.369 e. The third-order valence-corrected chi connectivity index (χ3v) is 4.45. The van der Waals surface area contributed by atoms with Crippen LogP contribution in [-0.4, -0.2) is 30.1 Å². The molecule has 0 spiro atoms. The highest BCUT2D eigenvalue weighted by atomic mass is 32.2. The third-order valence-electron chi connectivity index (χ3n) is 3.12. The number of fused-ring (bicyclic) bond motifs is 1. The Kier molecular flexibility index (Phi) is 2.30. The summed E-state index contributed by atoms with van der Waals surface area (Å²) in [4.78, 5) is 0.153. The molecular weight excluding hydrogens is 266 g/mol. The average molecular weight is 279 g/mol. The van der Waals surface area contributed by atoms with Crippen molar-refractivity contribution in [3.63, 3.8) is 0 Å². The van der Waals surface area contributed by atoms with Gasteiger partial charge in [0.15, 0.2) is 11.6 Å². The fraction of sp³-hybridized carbons (Fsp3) is 0.250. The summed E-state index contributed by atoms with van der Waals surface area (Å²) in [6.07, 6.45) is 0.300. The maximum absolute atomic E-state index is 12.0. The summed E-state index contributed by atoms with van der Waals surface area (Å²) < 4.78 is 27.7. The Morgan fingerprint density at radius 1 is 1.47 bits per heavy atom. The molecule has 19 heavy (non-hydrogen) atoms. The number of rotatable bonds is 0. The van der Waals surface area contributed by atoms with Crippen molar-refractivity contribution in [2.45, 2.75) is 24.0 Å². The van der Waals surface area contributed by atoms with Crippen LogP contribution in [0.3, 0.4) is 0 Å². The van der Waals surface area contributed by atoms with Crippen molar-refractivity contribution in [2.24, 2.45) is 4.40 Å². The van der Waals surface area contributed by atoms with E-state index in [2.05, 4.69) is 16.4 Å². The van der Waals surface area contributed by atoms with Gasteiger partial charge in [0.2, 0.25) is 0 Å². The molecule has 1 aromatic rings. The molecule has 3 rings (SSSR count). The van der Waals surface area contributed by atoms with Crippen molar-refractivity contribution >= 4 is 15.9 Å². The van der Waals surface area contributed by atoms with Gasteiger partial charge in [-0.3, -0.25) is 5.43 Å². The van der Waals surface area contributed by atoms with Crippen molar-refractivity contribution in [3.05, 3.63) is 42.1 Å². The highest BCUT2D eigenvalue weighted by Crippen LogP contribution is 2.33. The molecule has 1 unspecified atom stereocenters. The van der Waals surface area contributed by atoms with E-state index >= 15 is 0 Å². The van der Waals surface area contributed by atoms with Crippen molar-refractivity contribution in [2.75, 3.05) is 0 Å². The molecular formula is C12H13N3O3S. The SMILES string of the molecule is C=C1CC(C)(O)N(C2=NS(=O)(=O)c3ccccc32)N1. The van der Waals surface area contributed by atoms with Gasteiger partial charge in [-0.1, -0.05) is 18.7 Å². The molecule has 0 radical (unpaired) electrons. The van der Waals surface area contributed by atoms with E-state index in [0.29, 0.717) is 17.7 Å². The molecule has 1 saturated heterocycles. The molecule has 0 bridgehead atoms. The van der Waals surface area contributed by atoms with E-state index in [9.17, 15) is 13.5 Å². The molecule has 1 fully saturated rings. The molecule has 2 heterocycles. The highest BCUT2D eigenvalue weighted by molar-refractivity contribution is 7.90. The zero-order valence-corrected chi connectivity index (χ0v) is 11.1. The molecule has 100 valence electrons. The van der Waals surface area contributed by atoms with Gasteiger partial charge in [-0.25, -0.2) is 5.01 Å². The zero-order chi connectivity index (χ0) is 13.8. The third kappa shape index (κ3) is 1.73. The molecule has 1 atom stereocenters. The Morgan fingerprint density at radius 3 is 2.79 bits per heavy atom. The summed E-state index contributed by atoms with van der Waals surface area (Å²) in [6, 6.07) is 6.54. The standard InChI is InChI=1S/C12H13N3O3S/c1-8-7-12(2,16)15(13-8)11-9-5-3-4-6-10(9)19(17,18)14-11/h3-6,13,16H,1,7H2,2H3. The predicted octanol–water partition coefficient (Wildman–Crippen LogP) is 0.568. The molecule has 2 aliphatic rings. The van der Waals surface area contributed by atoms with Crippen LogP contribution in [0.1, 0.15) is 18.9 Å². The summed E-state index contributed by atoms with van der Waals surface area (Å²) in [6.45, 7) is 5.32. The van der Waals surface area contributed by atoms with Gasteiger partial charge in [-0.2, -0.15) is 8.42 Å². The molecule has 2 aliphatic heterocycles. The van der Waals surface area contributed by atoms with Crippen molar-refractivity contribution in [1.82, 2.24) is 10.4 Å². The number of nitrogens with zero attached hydrogens (tertiary/aromatic N) is 2. The van der Waals surface area contributed by atoms with Crippen LogP contribution >= 0.6 is 0 Å². The Morgan fingerprint density at radius 2 is 2.16 bits per heavy atom. The van der Waals surface area contributed by atoms with E-state index in [0.717, 1.165) is 0 Å². The smallest absolute Gasteiger partial charge is 0.285 e. The Balaban J connectivity index is 2.16. The first kappa shape index (κ1) is 12.2. The molecule has 6 nitrogen and oxygen atoms in total. The van der Waals surface area contributed by atoms with E-state index < -0.39 is 15.7 Å². The van der Waals surface area contributed by atoms with E-state index in [1.807, 2.05) is 0 Å². The summed E-state index contributed by atoms with van der Waals surface area (Å²) in [5.74, 6) is 0.194. The van der Waals surface area contributed by atoms with E-state index in [1.54, 1.807) is 25.1 Å². The van der Waals surface area contributed by atoms with Crippen LogP contribution in [0.5, 0.6) is 0 Å². The highest BCUT2D eigenvalue weighted by Gasteiger charge is 2.43. The Labute approximate surface area is 111 Å². The van der Waals surface area contributed by atoms with Crippen LogP contribution < -0.4 is 5.43 Å². The molecule has 0 saturated carbocycles. The second-order valence-corrected chi connectivity index (χ2v) is 6.40. The minimum absolute atomic E-state index is 0.153. The second kappa shape index (κ2) is 3.58. The zero-order valence-electron chi connectivity index (χ0n) is 10.3. The van der Waals surface area contributed by atoms with Gasteiger partial charge < -0.3 is 5.11 Å². The lowest BCUT2D eigenvalue weighted by Crippen LogP contribution is -2.49. The van der Waals surface area contributed by atoms with Gasteiger partial charge in [0.05, 0.1) is 0 Å². The van der Waals surface area contributed by atoms with Crippen molar-refractivity contribution in [1.29, 1.82) is 0 Å². The minimum atomic E-state index is -3.69. The lowest BCUT2D eigenvalue weighted by atomic mass is 10.1. The van der Waals surface area contributed by atoms with E-state index in [1.165, 1.54) is 11.1 Å². The first-order valence-electron chi connectivity index (χ1n) is 5.73. The Bertz CT molecular complexity index is 707. The first-order chi connectivity index (χ1) is 8.81. The fourth-order valence-corrected chi connectivity index (χ4v) is 3.53. The largest absolute Gasteiger partial charge is 0.369 e. The van der Waals surface area contributed by atoms with Crippen LogP contribution in [0.25, 0.3) is 0 Å². The summed E-state index contributed by atoms with van der Waals surface area (Å²) in [7, 11) is -3.69. The predicted molar refractivity (Wildman–Crippen MR) is 69.5 cm³/mol. The number of hydrogen-bond donors (Lipinski definition) is 2. The number of nitrogens with one attached hydrogen (secondary N) is 1. The van der Waals surface area contributed by atoms with Crippen molar-refractivity contribution in [3.8, 4) is 0 Å². The number of hydrazine groups is 1. The quantitative estimate of drug-likeness (QED) is 0.725. The summed E-state index contributed by atoms with van der Waals surface area (Å²) in [5, 5.41) is 11.7. The normalized spacial score (nSPS) is 28.0. The van der Waals surface area contributed by atoms with E-state index in [4.69, 9.17) is 0 Å². The van der Waals surface area contributed by atoms with Gasteiger partial charge in [0, 0.05) is 17.7 Å². The summed E-state index contributed by atoms with van der Waals surface area (Å²) in [5.41, 5.74) is 2.68. The van der Waals surface area contributed by atoms with Gasteiger partial charge >= 0.3 is 0 Å². The number of benzene rings is 1. The lowest BCUT2D eigenvalue weighted by molar-refractivity contribution is -0.0395. The number of hydrogen-bond acceptors (Lipinski definition) is 5. The van der Waals surface area contributed by atoms with Gasteiger partial charge in [0.25, 0.3) is 10.0 Å². The van der Waals surface area contributed by atoms with Crippen LogP contribution in [0.2, 0.25) is 0 Å². The van der Waals surface area contributed by atoms with Crippen molar-refractivity contribution < 1.29 is 13.5 Å². The monoisotopic (exact) mass is 279 g/mol. The second-order valence-electron chi connectivity index (χ2n) is 4.83. The van der Waals surface area contributed by atoms with Crippen LogP contribution in [0.15, 0.2) is 45.8 Å². The molecule has 1 aromatic carbocycles. The van der Waals surface area contributed by atoms with Crippen LogP contribution in [0.4, 0.5) is 0 Å². The van der Waals surface area contributed by atoms with Gasteiger partial charge in [0.1, 0.15) is 4.90 Å². The molecule has 0 aromatic heterocycles. The number of amidine groups is 1. The summed E-state index contributed by atoms with van der Waals surface area (Å²) >= 11 is 0. The number of sulfonamides is 1. The maximum Gasteiger partial charge on any atom is 0.285 e. The molecule has 0 aliphatic carbocycles. The maximum atomic E-state index is 12.0. The molecule has 0 amide bonds.